The van der Waals surface area contributed by atoms with Crippen LogP contribution in [0.3, 0.4) is 0 Å². The zero-order valence-electron chi connectivity index (χ0n) is 18.5. The number of para-hydroxylation sites is 1. The maximum absolute atomic E-state index is 11.9. The van der Waals surface area contributed by atoms with E-state index in [9.17, 15) is 5.11 Å². The molecule has 4 heteroatoms. The molecule has 9 atom stereocenters. The fourth-order valence-corrected chi connectivity index (χ4v) is 9.94. The van der Waals surface area contributed by atoms with Crippen molar-refractivity contribution in [1.82, 2.24) is 10.2 Å². The lowest BCUT2D eigenvalue weighted by molar-refractivity contribution is -0.128. The quantitative estimate of drug-likeness (QED) is 0.761. The molecule has 4 nitrogen and oxygen atoms in total. The number of likely N-dealkylation sites (tertiary alicyclic amines) is 1. The highest BCUT2D eigenvalue weighted by Crippen LogP contribution is 2.85. The summed E-state index contributed by atoms with van der Waals surface area (Å²) in [5, 5.41) is 15.6. The van der Waals surface area contributed by atoms with Gasteiger partial charge in [0, 0.05) is 31.9 Å². The van der Waals surface area contributed by atoms with Gasteiger partial charge in [0.25, 0.3) is 0 Å². The molecule has 1 aliphatic heterocycles. The lowest BCUT2D eigenvalue weighted by atomic mass is 9.56. The molecule has 0 radical (unpaired) electrons. The molecule has 1 aromatic carbocycles. The Balaban J connectivity index is 1.05. The Bertz CT molecular complexity index is 844. The number of anilines is 1. The van der Waals surface area contributed by atoms with Crippen LogP contribution >= 0.6 is 0 Å². The first-order chi connectivity index (χ1) is 14.6. The largest absolute Gasteiger partial charge is 0.388 e. The van der Waals surface area contributed by atoms with Crippen LogP contribution in [0.25, 0.3) is 0 Å². The van der Waals surface area contributed by atoms with Gasteiger partial charge in [0.2, 0.25) is 0 Å². The van der Waals surface area contributed by atoms with E-state index in [0.29, 0.717) is 17.9 Å². The molecule has 5 saturated carbocycles. The summed E-state index contributed by atoms with van der Waals surface area (Å²) in [4.78, 5) is 4.96. The Hall–Kier alpha value is -1.10. The number of piperidine rings is 1. The van der Waals surface area contributed by atoms with E-state index >= 15 is 0 Å². The number of benzene rings is 1. The predicted octanol–water partition coefficient (Wildman–Crippen LogP) is 2.82. The van der Waals surface area contributed by atoms with Crippen molar-refractivity contribution >= 4 is 5.69 Å². The molecule has 5 aliphatic carbocycles. The van der Waals surface area contributed by atoms with Crippen molar-refractivity contribution in [3.8, 4) is 0 Å². The molecular weight excluding hydrogens is 370 g/mol. The lowest BCUT2D eigenvalue weighted by Crippen LogP contribution is -2.58. The van der Waals surface area contributed by atoms with Gasteiger partial charge in [0.05, 0.1) is 5.60 Å². The molecule has 1 heterocycles. The van der Waals surface area contributed by atoms with Gasteiger partial charge in [0.15, 0.2) is 0 Å². The van der Waals surface area contributed by atoms with Gasteiger partial charge in [-0.25, -0.2) is 0 Å². The highest BCUT2D eigenvalue weighted by atomic mass is 16.3. The summed E-state index contributed by atoms with van der Waals surface area (Å²) < 4.78 is 0. The van der Waals surface area contributed by atoms with Crippen LogP contribution in [-0.4, -0.2) is 55.4 Å². The first-order valence-corrected chi connectivity index (χ1v) is 12.5. The molecule has 162 valence electrons. The summed E-state index contributed by atoms with van der Waals surface area (Å²) in [5.74, 6) is 6.70. The van der Waals surface area contributed by atoms with Gasteiger partial charge in [-0.2, -0.15) is 0 Å². The van der Waals surface area contributed by atoms with Crippen LogP contribution < -0.4 is 10.2 Å². The smallest absolute Gasteiger partial charge is 0.0838 e. The van der Waals surface area contributed by atoms with Crippen molar-refractivity contribution < 1.29 is 5.11 Å². The number of aliphatic hydroxyl groups is 1. The number of nitrogens with one attached hydrogen (secondary N) is 1. The molecule has 6 fully saturated rings. The standard InChI is InChI=1S/C26H37N3O/c1-28-9-7-16(8-10-28)29(2)21-6-4-3-5-15(21)13-27-14-26(30)24-18-12-19-22-17(18)11-20(24)23(22)25(19)26/h3-6,16-20,22-25,27,30H,7-14H2,1-2H3. The van der Waals surface area contributed by atoms with Crippen LogP contribution in [-0.2, 0) is 6.54 Å². The minimum Gasteiger partial charge on any atom is -0.388 e. The van der Waals surface area contributed by atoms with E-state index in [1.165, 1.54) is 50.0 Å². The van der Waals surface area contributed by atoms with E-state index in [0.717, 1.165) is 48.6 Å². The average molecular weight is 408 g/mol. The third-order valence-electron chi connectivity index (χ3n) is 10.9. The number of fused-ring (bicyclic) bond motifs is 2. The number of hydrogen-bond acceptors (Lipinski definition) is 4. The second kappa shape index (κ2) is 6.24. The van der Waals surface area contributed by atoms with Crippen molar-refractivity contribution in [3.05, 3.63) is 29.8 Å². The maximum Gasteiger partial charge on any atom is 0.0838 e. The van der Waals surface area contributed by atoms with E-state index in [1.807, 2.05) is 0 Å². The van der Waals surface area contributed by atoms with E-state index in [-0.39, 0.29) is 0 Å². The Morgan fingerprint density at radius 2 is 1.77 bits per heavy atom. The number of nitrogens with zero attached hydrogens (tertiary/aromatic N) is 2. The monoisotopic (exact) mass is 407 g/mol. The predicted molar refractivity (Wildman–Crippen MR) is 119 cm³/mol. The van der Waals surface area contributed by atoms with E-state index in [1.54, 1.807) is 0 Å². The van der Waals surface area contributed by atoms with Crippen LogP contribution in [0.1, 0.15) is 31.2 Å². The summed E-state index contributed by atoms with van der Waals surface area (Å²) in [6.07, 6.45) is 5.38. The molecule has 0 aromatic heterocycles. The van der Waals surface area contributed by atoms with E-state index in [2.05, 4.69) is 53.5 Å². The molecule has 7 rings (SSSR count). The minimum atomic E-state index is -0.417. The molecule has 6 aliphatic rings. The lowest BCUT2D eigenvalue weighted by Gasteiger charge is -2.51. The van der Waals surface area contributed by atoms with Crippen molar-refractivity contribution in [2.45, 2.75) is 43.9 Å². The Labute approximate surface area is 181 Å². The SMILES string of the molecule is CN1CCC(N(C)c2ccccc2CNCC2(O)C3C4CC5C6C4CC3C6C52)CC1. The normalized spacial score (nSPS) is 48.0. The van der Waals surface area contributed by atoms with E-state index < -0.39 is 5.60 Å². The van der Waals surface area contributed by atoms with Gasteiger partial charge in [-0.1, -0.05) is 18.2 Å². The summed E-state index contributed by atoms with van der Waals surface area (Å²) in [6, 6.07) is 9.53. The molecule has 2 bridgehead atoms. The minimum absolute atomic E-state index is 0.417. The topological polar surface area (TPSA) is 38.7 Å². The maximum atomic E-state index is 11.9. The Morgan fingerprint density at radius 3 is 2.60 bits per heavy atom. The number of hydrogen-bond donors (Lipinski definition) is 2. The molecule has 2 N–H and O–H groups in total. The first kappa shape index (κ1) is 18.5. The molecular formula is C26H37N3O. The van der Waals surface area contributed by atoms with Crippen LogP contribution in [0.5, 0.6) is 0 Å². The molecule has 9 unspecified atom stereocenters. The van der Waals surface area contributed by atoms with Crippen LogP contribution in [0.15, 0.2) is 24.3 Å². The third kappa shape index (κ3) is 2.18. The van der Waals surface area contributed by atoms with Gasteiger partial charge in [-0.05, 0) is 105 Å². The Morgan fingerprint density at radius 1 is 1.03 bits per heavy atom. The van der Waals surface area contributed by atoms with Crippen molar-refractivity contribution in [3.63, 3.8) is 0 Å². The van der Waals surface area contributed by atoms with E-state index in [4.69, 9.17) is 0 Å². The van der Waals surface area contributed by atoms with Crippen molar-refractivity contribution in [2.24, 2.45) is 47.3 Å². The highest BCUT2D eigenvalue weighted by molar-refractivity contribution is 5.54. The zero-order valence-corrected chi connectivity index (χ0v) is 18.5. The molecule has 1 saturated heterocycles. The molecule has 0 amide bonds. The van der Waals surface area contributed by atoms with Crippen LogP contribution in [0, 0.1) is 47.3 Å². The molecule has 0 spiro atoms. The van der Waals surface area contributed by atoms with Crippen LogP contribution in [0.2, 0.25) is 0 Å². The summed E-state index contributed by atoms with van der Waals surface area (Å²) in [5.41, 5.74) is 2.33. The fraction of sp³-hybridized carbons (Fsp3) is 0.769. The third-order valence-corrected chi connectivity index (χ3v) is 10.9. The second-order valence-electron chi connectivity index (χ2n) is 11.7. The summed E-state index contributed by atoms with van der Waals surface area (Å²) >= 11 is 0. The molecule has 1 aromatic rings. The Kier molecular flexibility index (Phi) is 3.84. The summed E-state index contributed by atoms with van der Waals surface area (Å²) in [7, 11) is 4.51. The van der Waals surface area contributed by atoms with Gasteiger partial charge in [-0.15, -0.1) is 0 Å². The second-order valence-corrected chi connectivity index (χ2v) is 11.7. The summed E-state index contributed by atoms with van der Waals surface area (Å²) in [6.45, 7) is 4.05. The highest BCUT2D eigenvalue weighted by Gasteiger charge is 2.84. The fourth-order valence-electron chi connectivity index (χ4n) is 9.94. The zero-order chi connectivity index (χ0) is 20.2. The van der Waals surface area contributed by atoms with Crippen molar-refractivity contribution in [2.75, 3.05) is 38.6 Å². The first-order valence-electron chi connectivity index (χ1n) is 12.5. The average Bonchev–Trinajstić information content (AvgIpc) is 3.27. The van der Waals surface area contributed by atoms with Crippen LogP contribution in [0.4, 0.5) is 5.69 Å². The van der Waals surface area contributed by atoms with Gasteiger partial charge >= 0.3 is 0 Å². The van der Waals surface area contributed by atoms with Gasteiger partial charge in [0.1, 0.15) is 0 Å². The van der Waals surface area contributed by atoms with Crippen molar-refractivity contribution in [1.29, 1.82) is 0 Å². The van der Waals surface area contributed by atoms with Gasteiger partial charge < -0.3 is 20.2 Å². The van der Waals surface area contributed by atoms with Gasteiger partial charge in [-0.3, -0.25) is 0 Å². The number of rotatable bonds is 6. The molecule has 30 heavy (non-hydrogen) atoms.